The number of hydrogen-bond donors (Lipinski definition) is 1. The van der Waals surface area contributed by atoms with Crippen molar-refractivity contribution in [1.82, 2.24) is 0 Å². The highest BCUT2D eigenvalue weighted by Crippen LogP contribution is 2.21. The van der Waals surface area contributed by atoms with E-state index in [0.717, 1.165) is 18.0 Å². The lowest BCUT2D eigenvalue weighted by atomic mass is 9.99. The first-order valence-corrected chi connectivity index (χ1v) is 7.19. The smallest absolute Gasteiger partial charge is 0.118 e. The van der Waals surface area contributed by atoms with Crippen LogP contribution in [0.5, 0.6) is 5.75 Å². The summed E-state index contributed by atoms with van der Waals surface area (Å²) in [4.78, 5) is 0. The summed E-state index contributed by atoms with van der Waals surface area (Å²) in [6.07, 6.45) is 1.18. The molecule has 0 saturated heterocycles. The average Bonchev–Trinajstić information content (AvgIpc) is 2.53. The summed E-state index contributed by atoms with van der Waals surface area (Å²) in [5.41, 5.74) is 3.81. The van der Waals surface area contributed by atoms with Gasteiger partial charge in [0, 0.05) is 12.2 Å². The van der Waals surface area contributed by atoms with E-state index in [1.807, 2.05) is 12.1 Å². The van der Waals surface area contributed by atoms with Crippen LogP contribution in [0.2, 0.25) is 0 Å². The second kappa shape index (κ2) is 6.99. The van der Waals surface area contributed by atoms with E-state index in [4.69, 9.17) is 4.74 Å². The van der Waals surface area contributed by atoms with Crippen molar-refractivity contribution in [2.45, 2.75) is 32.7 Å². The Morgan fingerprint density at radius 3 is 2.20 bits per heavy atom. The molecule has 2 aromatic carbocycles. The molecular weight excluding hydrogens is 246 g/mol. The molecule has 1 N–H and O–H groups in total. The molecule has 106 valence electrons. The van der Waals surface area contributed by atoms with Crippen molar-refractivity contribution in [3.05, 3.63) is 59.7 Å². The third-order valence-electron chi connectivity index (χ3n) is 3.75. The Labute approximate surface area is 121 Å². The Morgan fingerprint density at radius 2 is 1.65 bits per heavy atom. The second-order valence-electron chi connectivity index (χ2n) is 5.13. The molecule has 2 rings (SSSR count). The maximum absolute atomic E-state index is 5.16. The molecule has 2 nitrogen and oxygen atoms in total. The summed E-state index contributed by atoms with van der Waals surface area (Å²) in [6, 6.07) is 16.9. The second-order valence-corrected chi connectivity index (χ2v) is 5.13. The third kappa shape index (κ3) is 3.77. The topological polar surface area (TPSA) is 21.3 Å². The van der Waals surface area contributed by atoms with Crippen molar-refractivity contribution in [2.75, 3.05) is 12.4 Å². The van der Waals surface area contributed by atoms with Crippen LogP contribution in [-0.2, 0) is 6.54 Å². The summed E-state index contributed by atoms with van der Waals surface area (Å²) >= 11 is 0. The molecular formula is C18H23NO. The number of ether oxygens (including phenoxy) is 1. The highest BCUT2D eigenvalue weighted by Gasteiger charge is 2.02. The number of nitrogens with one attached hydrogen (secondary N) is 1. The Kier molecular flexibility index (Phi) is 5.05. The summed E-state index contributed by atoms with van der Waals surface area (Å²) in [7, 11) is 1.69. The zero-order chi connectivity index (χ0) is 14.4. The zero-order valence-corrected chi connectivity index (χ0v) is 12.5. The van der Waals surface area contributed by atoms with E-state index < -0.39 is 0 Å². The molecule has 0 aliphatic heterocycles. The van der Waals surface area contributed by atoms with E-state index in [2.05, 4.69) is 55.6 Å². The molecule has 1 atom stereocenters. The largest absolute Gasteiger partial charge is 0.497 e. The fourth-order valence-electron chi connectivity index (χ4n) is 2.11. The van der Waals surface area contributed by atoms with Crippen LogP contribution in [0.3, 0.4) is 0 Å². The van der Waals surface area contributed by atoms with Gasteiger partial charge in [-0.1, -0.05) is 38.1 Å². The van der Waals surface area contributed by atoms with Gasteiger partial charge in [0.25, 0.3) is 0 Å². The predicted octanol–water partition coefficient (Wildman–Crippen LogP) is 4.82. The maximum Gasteiger partial charge on any atom is 0.118 e. The van der Waals surface area contributed by atoms with Crippen LogP contribution < -0.4 is 10.1 Å². The molecule has 1 unspecified atom stereocenters. The van der Waals surface area contributed by atoms with Crippen molar-refractivity contribution < 1.29 is 4.74 Å². The van der Waals surface area contributed by atoms with Gasteiger partial charge in [-0.3, -0.25) is 0 Å². The van der Waals surface area contributed by atoms with E-state index in [-0.39, 0.29) is 0 Å². The molecule has 2 aromatic rings. The minimum Gasteiger partial charge on any atom is -0.497 e. The Morgan fingerprint density at radius 1 is 1.00 bits per heavy atom. The van der Waals surface area contributed by atoms with E-state index in [1.54, 1.807) is 7.11 Å². The Hall–Kier alpha value is -1.96. The van der Waals surface area contributed by atoms with Crippen LogP contribution in [0.4, 0.5) is 5.69 Å². The first-order chi connectivity index (χ1) is 9.72. The van der Waals surface area contributed by atoms with Gasteiger partial charge < -0.3 is 10.1 Å². The molecule has 0 aliphatic carbocycles. The maximum atomic E-state index is 5.16. The van der Waals surface area contributed by atoms with Crippen molar-refractivity contribution in [3.8, 4) is 5.75 Å². The molecule has 0 aliphatic rings. The predicted molar refractivity (Wildman–Crippen MR) is 85.5 cm³/mol. The quantitative estimate of drug-likeness (QED) is 0.811. The van der Waals surface area contributed by atoms with Crippen LogP contribution in [0.1, 0.15) is 37.3 Å². The van der Waals surface area contributed by atoms with Crippen molar-refractivity contribution in [1.29, 1.82) is 0 Å². The number of rotatable bonds is 6. The third-order valence-corrected chi connectivity index (χ3v) is 3.75. The molecule has 0 fully saturated rings. The van der Waals surface area contributed by atoms with Crippen LogP contribution >= 0.6 is 0 Å². The van der Waals surface area contributed by atoms with E-state index in [9.17, 15) is 0 Å². The summed E-state index contributed by atoms with van der Waals surface area (Å²) in [6.45, 7) is 5.31. The number of benzene rings is 2. The fourth-order valence-corrected chi connectivity index (χ4v) is 2.11. The van der Waals surface area contributed by atoms with E-state index in [0.29, 0.717) is 5.92 Å². The molecule has 0 bridgehead atoms. The molecule has 0 aromatic heterocycles. The average molecular weight is 269 g/mol. The lowest BCUT2D eigenvalue weighted by Crippen LogP contribution is -2.00. The van der Waals surface area contributed by atoms with Gasteiger partial charge in [-0.05, 0) is 47.7 Å². The SMILES string of the molecule is CCC(C)c1ccc(NCc2ccc(OC)cc2)cc1. The molecule has 20 heavy (non-hydrogen) atoms. The molecule has 0 radical (unpaired) electrons. The highest BCUT2D eigenvalue weighted by atomic mass is 16.5. The molecule has 0 saturated carbocycles. The van der Waals surface area contributed by atoms with Crippen molar-refractivity contribution in [3.63, 3.8) is 0 Å². The van der Waals surface area contributed by atoms with Gasteiger partial charge in [0.15, 0.2) is 0 Å². The highest BCUT2D eigenvalue weighted by molar-refractivity contribution is 5.46. The van der Waals surface area contributed by atoms with E-state index >= 15 is 0 Å². The van der Waals surface area contributed by atoms with Gasteiger partial charge in [-0.15, -0.1) is 0 Å². The first-order valence-electron chi connectivity index (χ1n) is 7.19. The van der Waals surface area contributed by atoms with Crippen LogP contribution in [0.15, 0.2) is 48.5 Å². The number of anilines is 1. The first kappa shape index (κ1) is 14.4. The monoisotopic (exact) mass is 269 g/mol. The molecule has 2 heteroatoms. The normalized spacial score (nSPS) is 11.9. The van der Waals surface area contributed by atoms with Crippen molar-refractivity contribution in [2.24, 2.45) is 0 Å². The fraction of sp³-hybridized carbons (Fsp3) is 0.333. The number of methoxy groups -OCH3 is 1. The molecule has 0 spiro atoms. The van der Waals surface area contributed by atoms with E-state index in [1.165, 1.54) is 17.5 Å². The minimum atomic E-state index is 0.630. The lowest BCUT2D eigenvalue weighted by Gasteiger charge is -2.11. The van der Waals surface area contributed by atoms with Gasteiger partial charge in [0.1, 0.15) is 5.75 Å². The van der Waals surface area contributed by atoms with Gasteiger partial charge in [-0.2, -0.15) is 0 Å². The molecule has 0 amide bonds. The van der Waals surface area contributed by atoms with Gasteiger partial charge in [0.2, 0.25) is 0 Å². The van der Waals surface area contributed by atoms with Crippen molar-refractivity contribution >= 4 is 5.69 Å². The summed E-state index contributed by atoms with van der Waals surface area (Å²) < 4.78 is 5.16. The Balaban J connectivity index is 1.93. The van der Waals surface area contributed by atoms with Crippen LogP contribution in [-0.4, -0.2) is 7.11 Å². The number of hydrogen-bond acceptors (Lipinski definition) is 2. The minimum absolute atomic E-state index is 0.630. The Bertz CT molecular complexity index is 516. The summed E-state index contributed by atoms with van der Waals surface area (Å²) in [5.74, 6) is 1.53. The zero-order valence-electron chi connectivity index (χ0n) is 12.5. The standard InChI is InChI=1S/C18H23NO/c1-4-14(2)16-7-9-17(10-8-16)19-13-15-5-11-18(20-3)12-6-15/h5-12,14,19H,4,13H2,1-3H3. The van der Waals surface area contributed by atoms with Gasteiger partial charge >= 0.3 is 0 Å². The molecule has 0 heterocycles. The van der Waals surface area contributed by atoms with Crippen LogP contribution in [0.25, 0.3) is 0 Å². The van der Waals surface area contributed by atoms with Crippen LogP contribution in [0, 0.1) is 0 Å². The van der Waals surface area contributed by atoms with Gasteiger partial charge in [-0.25, -0.2) is 0 Å². The lowest BCUT2D eigenvalue weighted by molar-refractivity contribution is 0.414. The summed E-state index contributed by atoms with van der Waals surface area (Å²) in [5, 5.41) is 3.44. The van der Waals surface area contributed by atoms with Gasteiger partial charge in [0.05, 0.1) is 7.11 Å².